The fourth-order valence-electron chi connectivity index (χ4n) is 2.77. The minimum atomic E-state index is -4.17. The lowest BCUT2D eigenvalue weighted by molar-refractivity contribution is -0.143. The summed E-state index contributed by atoms with van der Waals surface area (Å²) in [6, 6.07) is 0.141. The van der Waals surface area contributed by atoms with Crippen molar-refractivity contribution in [2.75, 3.05) is 46.8 Å². The van der Waals surface area contributed by atoms with Gasteiger partial charge in [-0.2, -0.15) is 13.2 Å². The Bertz CT molecular complexity index is 454. The van der Waals surface area contributed by atoms with Gasteiger partial charge in [-0.1, -0.05) is 13.8 Å². The maximum atomic E-state index is 12.2. The number of aliphatic imine (C=N–C) groups is 1. The molecule has 1 unspecified atom stereocenters. The molecule has 1 atom stereocenters. The minimum absolute atomic E-state index is 0.00937. The van der Waals surface area contributed by atoms with Crippen molar-refractivity contribution in [2.45, 2.75) is 38.9 Å². The number of hydrogen-bond donors (Lipinski definition) is 2. The second kappa shape index (κ2) is 9.84. The van der Waals surface area contributed by atoms with Gasteiger partial charge in [-0.15, -0.1) is 0 Å². The van der Waals surface area contributed by atoms with Gasteiger partial charge in [0.1, 0.15) is 0 Å². The van der Waals surface area contributed by atoms with Crippen molar-refractivity contribution in [1.29, 1.82) is 0 Å². The molecule has 1 amide bonds. The SMILES string of the molecule is CN=C(NCCCN(C)CC(F)(F)F)NC1CCN(C(=O)C(C)C)C1. The van der Waals surface area contributed by atoms with Crippen LogP contribution >= 0.6 is 0 Å². The summed E-state index contributed by atoms with van der Waals surface area (Å²) in [5.74, 6) is 0.757. The molecule has 0 radical (unpaired) electrons. The molecule has 0 spiro atoms. The number of carbonyl (C=O) groups is 1. The fourth-order valence-corrected chi connectivity index (χ4v) is 2.77. The second-order valence-corrected chi connectivity index (χ2v) is 6.77. The highest BCUT2D eigenvalue weighted by molar-refractivity contribution is 5.81. The third kappa shape index (κ3) is 8.42. The standard InChI is InChI=1S/C16H30F3N5O/c1-12(2)14(25)24-9-6-13(10-24)22-15(20-3)21-7-5-8-23(4)11-16(17,18)19/h12-13H,5-11H2,1-4H3,(H2,20,21,22). The zero-order valence-electron chi connectivity index (χ0n) is 15.5. The van der Waals surface area contributed by atoms with Crippen molar-refractivity contribution < 1.29 is 18.0 Å². The quantitative estimate of drug-likeness (QED) is 0.406. The van der Waals surface area contributed by atoms with E-state index in [0.29, 0.717) is 32.0 Å². The average molecular weight is 365 g/mol. The van der Waals surface area contributed by atoms with E-state index < -0.39 is 12.7 Å². The summed E-state index contributed by atoms with van der Waals surface area (Å²) in [6.45, 7) is 5.13. The Morgan fingerprint density at radius 3 is 2.64 bits per heavy atom. The highest BCUT2D eigenvalue weighted by Crippen LogP contribution is 2.15. The average Bonchev–Trinajstić information content (AvgIpc) is 2.96. The van der Waals surface area contributed by atoms with Gasteiger partial charge in [0.15, 0.2) is 5.96 Å². The molecule has 1 fully saturated rings. The van der Waals surface area contributed by atoms with Gasteiger partial charge in [-0.05, 0) is 26.4 Å². The summed E-state index contributed by atoms with van der Waals surface area (Å²) in [7, 11) is 3.11. The van der Waals surface area contributed by atoms with Gasteiger partial charge in [0.2, 0.25) is 5.91 Å². The van der Waals surface area contributed by atoms with Crippen molar-refractivity contribution in [3.8, 4) is 0 Å². The molecule has 1 aliphatic heterocycles. The van der Waals surface area contributed by atoms with Crippen LogP contribution in [0.15, 0.2) is 4.99 Å². The van der Waals surface area contributed by atoms with Crippen LogP contribution in [0.4, 0.5) is 13.2 Å². The van der Waals surface area contributed by atoms with Crippen molar-refractivity contribution in [3.05, 3.63) is 0 Å². The molecular formula is C16H30F3N5O. The zero-order valence-corrected chi connectivity index (χ0v) is 15.5. The molecule has 2 N–H and O–H groups in total. The second-order valence-electron chi connectivity index (χ2n) is 6.77. The first-order valence-electron chi connectivity index (χ1n) is 8.63. The van der Waals surface area contributed by atoms with Crippen LogP contribution in [0.3, 0.4) is 0 Å². The fraction of sp³-hybridized carbons (Fsp3) is 0.875. The van der Waals surface area contributed by atoms with E-state index in [1.165, 1.54) is 11.9 Å². The van der Waals surface area contributed by atoms with E-state index in [9.17, 15) is 18.0 Å². The number of amides is 1. The van der Waals surface area contributed by atoms with Crippen LogP contribution in [0.1, 0.15) is 26.7 Å². The third-order valence-corrected chi connectivity index (χ3v) is 4.02. The van der Waals surface area contributed by atoms with Crippen LogP contribution in [0.5, 0.6) is 0 Å². The highest BCUT2D eigenvalue weighted by atomic mass is 19.4. The first-order valence-corrected chi connectivity index (χ1v) is 8.63. The minimum Gasteiger partial charge on any atom is -0.356 e. The number of nitrogens with one attached hydrogen (secondary N) is 2. The Hall–Kier alpha value is -1.51. The molecule has 1 heterocycles. The molecule has 0 aliphatic carbocycles. The number of guanidine groups is 1. The lowest BCUT2D eigenvalue weighted by Crippen LogP contribution is -2.46. The smallest absolute Gasteiger partial charge is 0.356 e. The number of likely N-dealkylation sites (tertiary alicyclic amines) is 1. The molecule has 0 bridgehead atoms. The van der Waals surface area contributed by atoms with Crippen LogP contribution in [-0.4, -0.2) is 80.7 Å². The van der Waals surface area contributed by atoms with Crippen LogP contribution in [0.25, 0.3) is 0 Å². The highest BCUT2D eigenvalue weighted by Gasteiger charge is 2.29. The summed E-state index contributed by atoms with van der Waals surface area (Å²) in [4.78, 5) is 19.2. The van der Waals surface area contributed by atoms with Gasteiger partial charge in [0.25, 0.3) is 0 Å². The largest absolute Gasteiger partial charge is 0.401 e. The van der Waals surface area contributed by atoms with E-state index in [2.05, 4.69) is 15.6 Å². The van der Waals surface area contributed by atoms with Gasteiger partial charge in [-0.3, -0.25) is 14.7 Å². The third-order valence-electron chi connectivity index (χ3n) is 4.02. The molecule has 0 aromatic carbocycles. The normalized spacial score (nSPS) is 19.0. The monoisotopic (exact) mass is 365 g/mol. The summed E-state index contributed by atoms with van der Waals surface area (Å²) in [5, 5.41) is 6.38. The predicted octanol–water partition coefficient (Wildman–Crippen LogP) is 1.29. The van der Waals surface area contributed by atoms with E-state index in [1.807, 2.05) is 18.7 Å². The topological polar surface area (TPSA) is 60.0 Å². The van der Waals surface area contributed by atoms with Crippen LogP contribution in [-0.2, 0) is 4.79 Å². The number of alkyl halides is 3. The number of halogens is 3. The van der Waals surface area contributed by atoms with Crippen molar-refractivity contribution >= 4 is 11.9 Å². The lowest BCUT2D eigenvalue weighted by Gasteiger charge is -2.21. The van der Waals surface area contributed by atoms with Gasteiger partial charge >= 0.3 is 6.18 Å². The molecule has 0 aromatic rings. The number of rotatable bonds is 7. The first-order chi connectivity index (χ1) is 11.6. The molecule has 146 valence electrons. The van der Waals surface area contributed by atoms with Gasteiger partial charge in [0, 0.05) is 38.6 Å². The van der Waals surface area contributed by atoms with E-state index >= 15 is 0 Å². The van der Waals surface area contributed by atoms with E-state index in [-0.39, 0.29) is 17.9 Å². The lowest BCUT2D eigenvalue weighted by atomic mass is 10.2. The zero-order chi connectivity index (χ0) is 19.0. The Labute approximate surface area is 147 Å². The first kappa shape index (κ1) is 21.5. The number of nitrogens with zero attached hydrogens (tertiary/aromatic N) is 3. The molecule has 1 aliphatic rings. The van der Waals surface area contributed by atoms with Crippen molar-refractivity contribution in [2.24, 2.45) is 10.9 Å². The molecule has 1 rings (SSSR count). The van der Waals surface area contributed by atoms with Crippen LogP contribution < -0.4 is 10.6 Å². The summed E-state index contributed by atoms with van der Waals surface area (Å²) in [6.07, 6.45) is -2.73. The Kier molecular flexibility index (Phi) is 8.47. The molecule has 0 aromatic heterocycles. The van der Waals surface area contributed by atoms with Crippen LogP contribution in [0.2, 0.25) is 0 Å². The number of hydrogen-bond acceptors (Lipinski definition) is 3. The molecule has 0 saturated carbocycles. The molecule has 25 heavy (non-hydrogen) atoms. The number of carbonyl (C=O) groups excluding carboxylic acids is 1. The van der Waals surface area contributed by atoms with E-state index in [4.69, 9.17) is 0 Å². The Morgan fingerprint density at radius 2 is 2.08 bits per heavy atom. The predicted molar refractivity (Wildman–Crippen MR) is 92.5 cm³/mol. The summed E-state index contributed by atoms with van der Waals surface area (Å²) >= 11 is 0. The molecule has 9 heteroatoms. The Morgan fingerprint density at radius 1 is 1.40 bits per heavy atom. The summed E-state index contributed by atoms with van der Waals surface area (Å²) in [5.41, 5.74) is 0. The maximum absolute atomic E-state index is 12.2. The maximum Gasteiger partial charge on any atom is 0.401 e. The van der Waals surface area contributed by atoms with Crippen molar-refractivity contribution in [1.82, 2.24) is 20.4 Å². The van der Waals surface area contributed by atoms with Crippen LogP contribution in [0, 0.1) is 5.92 Å². The van der Waals surface area contributed by atoms with Gasteiger partial charge in [0.05, 0.1) is 6.54 Å². The molecule has 6 nitrogen and oxygen atoms in total. The Balaban J connectivity index is 2.26. The van der Waals surface area contributed by atoms with Gasteiger partial charge in [-0.25, -0.2) is 0 Å². The van der Waals surface area contributed by atoms with E-state index in [1.54, 1.807) is 7.05 Å². The molecule has 1 saturated heterocycles. The van der Waals surface area contributed by atoms with Gasteiger partial charge < -0.3 is 15.5 Å². The summed E-state index contributed by atoms with van der Waals surface area (Å²) < 4.78 is 36.7. The molecular weight excluding hydrogens is 335 g/mol. The van der Waals surface area contributed by atoms with E-state index in [0.717, 1.165) is 13.0 Å². The van der Waals surface area contributed by atoms with Crippen molar-refractivity contribution in [3.63, 3.8) is 0 Å².